The summed E-state index contributed by atoms with van der Waals surface area (Å²) < 4.78 is 36.3. The third kappa shape index (κ3) is 11.4. The van der Waals surface area contributed by atoms with Crippen molar-refractivity contribution in [3.8, 4) is 0 Å². The summed E-state index contributed by atoms with van der Waals surface area (Å²) in [6.07, 6.45) is -2.74. The zero-order chi connectivity index (χ0) is 16.9. The van der Waals surface area contributed by atoms with Gasteiger partial charge in [-0.25, -0.2) is 0 Å². The Kier molecular flexibility index (Phi) is 13.5. The highest BCUT2D eigenvalue weighted by Gasteiger charge is 2.30. The monoisotopic (exact) mass is 325 g/mol. The highest BCUT2D eigenvalue weighted by Crippen LogP contribution is 2.29. The van der Waals surface area contributed by atoms with Gasteiger partial charge in [0.15, 0.2) is 6.29 Å². The van der Waals surface area contributed by atoms with Gasteiger partial charge in [-0.3, -0.25) is 4.79 Å². The molecule has 0 spiro atoms. The van der Waals surface area contributed by atoms with Crippen molar-refractivity contribution in [2.75, 3.05) is 20.2 Å². The molecule has 3 nitrogen and oxygen atoms in total. The molecule has 1 rings (SSSR count). The summed E-state index contributed by atoms with van der Waals surface area (Å²) in [5.41, 5.74) is -0.763. The molecule has 1 aromatic rings. The van der Waals surface area contributed by atoms with E-state index >= 15 is 0 Å². The normalized spacial score (nSPS) is 9.90. The first-order chi connectivity index (χ1) is 9.78. The first-order valence-corrected chi connectivity index (χ1v) is 7.03. The van der Waals surface area contributed by atoms with Gasteiger partial charge < -0.3 is 10.4 Å². The second-order valence-electron chi connectivity index (χ2n) is 3.99. The van der Waals surface area contributed by atoms with Crippen LogP contribution in [0.3, 0.4) is 0 Å². The van der Waals surface area contributed by atoms with Gasteiger partial charge in [0.25, 0.3) is 0 Å². The summed E-state index contributed by atoms with van der Waals surface area (Å²) in [6.45, 7) is 5.18. The number of hydrogen-bond donors (Lipinski definition) is 2. The molecule has 0 bridgehead atoms. The van der Waals surface area contributed by atoms with Crippen LogP contribution in [-0.2, 0) is 6.18 Å². The van der Waals surface area contributed by atoms with Crippen molar-refractivity contribution in [1.29, 1.82) is 0 Å². The van der Waals surface area contributed by atoms with Crippen LogP contribution in [0.25, 0.3) is 0 Å². The molecule has 2 N–H and O–H groups in total. The molecule has 21 heavy (non-hydrogen) atoms. The van der Waals surface area contributed by atoms with Gasteiger partial charge in [-0.2, -0.15) is 13.2 Å². The van der Waals surface area contributed by atoms with E-state index in [4.69, 9.17) is 5.11 Å². The van der Waals surface area contributed by atoms with Crippen LogP contribution in [0, 0.1) is 0 Å². The van der Waals surface area contributed by atoms with Crippen LogP contribution < -0.4 is 10.6 Å². The molecule has 0 saturated carbocycles. The molecule has 0 aliphatic heterocycles. The summed E-state index contributed by atoms with van der Waals surface area (Å²) in [6, 6.07) is 3.02. The maximum atomic E-state index is 12.1. The number of carbonyl (C=O) groups excluding carboxylic acids is 1. The van der Waals surface area contributed by atoms with E-state index in [0.29, 0.717) is 18.1 Å². The summed E-state index contributed by atoms with van der Waals surface area (Å²) in [7, 11) is 4.00. The van der Waals surface area contributed by atoms with Gasteiger partial charge in [0.05, 0.1) is 12.2 Å². The first kappa shape index (κ1) is 22.3. The van der Waals surface area contributed by atoms with E-state index in [1.165, 1.54) is 12.5 Å². The maximum absolute atomic E-state index is 12.1. The minimum absolute atomic E-state index is 0.0415. The van der Waals surface area contributed by atoms with Gasteiger partial charge in [-0.15, -0.1) is 9.24 Å². The lowest BCUT2D eigenvalue weighted by Gasteiger charge is -2.07. The van der Waals surface area contributed by atoms with Gasteiger partial charge in [0.2, 0.25) is 0 Å². The van der Waals surface area contributed by atoms with Gasteiger partial charge in [-0.1, -0.05) is 26.3 Å². The molecule has 122 valence electrons. The average Bonchev–Trinajstić information content (AvgIpc) is 2.40. The van der Waals surface area contributed by atoms with Crippen molar-refractivity contribution >= 4 is 20.8 Å². The highest BCUT2D eigenvalue weighted by molar-refractivity contribution is 7.27. The molecule has 1 unspecified atom stereocenters. The lowest BCUT2D eigenvalue weighted by Crippen LogP contribution is -2.10. The minimum Gasteiger partial charge on any atom is -0.395 e. The van der Waals surface area contributed by atoms with Crippen LogP contribution in [-0.4, -0.2) is 31.6 Å². The topological polar surface area (TPSA) is 49.3 Å². The van der Waals surface area contributed by atoms with Crippen molar-refractivity contribution in [3.05, 3.63) is 29.3 Å². The van der Waals surface area contributed by atoms with Crippen LogP contribution in [0.5, 0.6) is 0 Å². The molecule has 0 fully saturated rings. The van der Waals surface area contributed by atoms with Crippen molar-refractivity contribution < 1.29 is 23.1 Å². The summed E-state index contributed by atoms with van der Waals surface area (Å²) >= 11 is 0. The second-order valence-corrected chi connectivity index (χ2v) is 4.62. The van der Waals surface area contributed by atoms with E-state index in [1.54, 1.807) is 7.05 Å². The standard InChI is InChI=1S/C8H6F3OP.C3H9NO.C3H8/c9-8(10,11)6-1-2-7(13)5(3-6)4-12;1-4-2-3-5;1-3-2/h1-4H,13H2;4-5H,2-3H2,1H3;3H2,1-2H3. The quantitative estimate of drug-likeness (QED) is 0.663. The number of aliphatic hydroxyl groups excluding tert-OH is 1. The molecule has 1 aromatic carbocycles. The average molecular weight is 325 g/mol. The Labute approximate surface area is 126 Å². The van der Waals surface area contributed by atoms with Gasteiger partial charge >= 0.3 is 6.18 Å². The smallest absolute Gasteiger partial charge is 0.395 e. The van der Waals surface area contributed by atoms with Crippen molar-refractivity contribution in [1.82, 2.24) is 5.32 Å². The van der Waals surface area contributed by atoms with Crippen LogP contribution in [0.4, 0.5) is 13.2 Å². The number of hydrogen-bond acceptors (Lipinski definition) is 3. The van der Waals surface area contributed by atoms with E-state index in [-0.39, 0.29) is 12.2 Å². The van der Waals surface area contributed by atoms with E-state index in [0.717, 1.165) is 12.1 Å². The Morgan fingerprint density at radius 3 is 2.14 bits per heavy atom. The Morgan fingerprint density at radius 2 is 1.86 bits per heavy atom. The first-order valence-electron chi connectivity index (χ1n) is 6.45. The van der Waals surface area contributed by atoms with Crippen LogP contribution in [0.1, 0.15) is 36.2 Å². The van der Waals surface area contributed by atoms with Gasteiger partial charge in [-0.05, 0) is 24.5 Å². The summed E-state index contributed by atoms with van der Waals surface area (Å²) in [5, 5.41) is 11.2. The van der Waals surface area contributed by atoms with Crippen LogP contribution in [0.15, 0.2) is 18.2 Å². The van der Waals surface area contributed by atoms with Crippen LogP contribution >= 0.6 is 9.24 Å². The molecule has 0 aliphatic rings. The molecule has 0 aliphatic carbocycles. The summed E-state index contributed by atoms with van der Waals surface area (Å²) in [5.74, 6) is 0. The van der Waals surface area contributed by atoms with Gasteiger partial charge in [0, 0.05) is 12.1 Å². The zero-order valence-corrected chi connectivity index (χ0v) is 13.7. The minimum atomic E-state index is -4.39. The second kappa shape index (κ2) is 12.7. The fourth-order valence-corrected chi connectivity index (χ4v) is 1.21. The molecule has 0 amide bonds. The Bertz CT molecular complexity index is 396. The van der Waals surface area contributed by atoms with E-state index < -0.39 is 11.7 Å². The van der Waals surface area contributed by atoms with Crippen LogP contribution in [0.2, 0.25) is 0 Å². The largest absolute Gasteiger partial charge is 0.416 e. The summed E-state index contributed by atoms with van der Waals surface area (Å²) in [4.78, 5) is 10.3. The molecule has 0 saturated heterocycles. The third-order valence-corrected chi connectivity index (χ3v) is 2.43. The number of carbonyl (C=O) groups is 1. The third-order valence-electron chi connectivity index (χ3n) is 1.90. The SMILES string of the molecule is CCC.CNCCO.O=Cc1cc(C(F)(F)F)ccc1P. The molecular formula is C14H23F3NO2P. The predicted octanol–water partition coefficient (Wildman–Crippen LogP) is 2.63. The van der Waals surface area contributed by atoms with E-state index in [9.17, 15) is 18.0 Å². The molecular weight excluding hydrogens is 302 g/mol. The maximum Gasteiger partial charge on any atom is 0.416 e. The number of aldehydes is 1. The van der Waals surface area contributed by atoms with E-state index in [1.807, 2.05) is 0 Å². The number of aliphatic hydroxyl groups is 1. The zero-order valence-electron chi connectivity index (χ0n) is 12.5. The number of likely N-dealkylation sites (N-methyl/N-ethyl adjacent to an activating group) is 1. The van der Waals surface area contributed by atoms with Crippen molar-refractivity contribution in [3.63, 3.8) is 0 Å². The Balaban J connectivity index is 0. The number of alkyl halides is 3. The van der Waals surface area contributed by atoms with E-state index in [2.05, 4.69) is 28.4 Å². The molecule has 0 aromatic heterocycles. The molecule has 0 heterocycles. The fourth-order valence-electron chi connectivity index (χ4n) is 0.965. The Morgan fingerprint density at radius 1 is 1.33 bits per heavy atom. The van der Waals surface area contributed by atoms with Crippen molar-refractivity contribution in [2.45, 2.75) is 26.4 Å². The fraction of sp³-hybridized carbons (Fsp3) is 0.500. The predicted molar refractivity (Wildman–Crippen MR) is 83.2 cm³/mol. The molecule has 1 atom stereocenters. The number of benzene rings is 1. The number of halogens is 3. The van der Waals surface area contributed by atoms with Gasteiger partial charge in [0.1, 0.15) is 0 Å². The van der Waals surface area contributed by atoms with Crippen molar-refractivity contribution in [2.24, 2.45) is 0 Å². The molecule has 7 heteroatoms. The number of nitrogens with one attached hydrogen (secondary N) is 1. The lowest BCUT2D eigenvalue weighted by atomic mass is 10.1. The Hall–Kier alpha value is -0.970. The molecule has 0 radical (unpaired) electrons. The highest BCUT2D eigenvalue weighted by atomic mass is 31.0. The number of rotatable bonds is 3. The lowest BCUT2D eigenvalue weighted by molar-refractivity contribution is -0.137.